The molecule has 11 nitrogen and oxygen atoms in total. The van der Waals surface area contributed by atoms with Crippen molar-refractivity contribution in [1.82, 2.24) is 33.9 Å². The number of imidazole rings is 1. The van der Waals surface area contributed by atoms with Crippen molar-refractivity contribution >= 4 is 22.8 Å². The van der Waals surface area contributed by atoms with Gasteiger partial charge in [0.15, 0.2) is 17.0 Å². The molecule has 11 heteroatoms. The van der Waals surface area contributed by atoms with Gasteiger partial charge in [-0.15, -0.1) is 0 Å². The third-order valence-corrected chi connectivity index (χ3v) is 5.59. The van der Waals surface area contributed by atoms with Gasteiger partial charge in [0.05, 0.1) is 11.9 Å². The first-order chi connectivity index (χ1) is 16.9. The van der Waals surface area contributed by atoms with Crippen molar-refractivity contribution in [3.63, 3.8) is 0 Å². The number of fused-ring (bicyclic) bond motifs is 1. The molecule has 35 heavy (non-hydrogen) atoms. The molecule has 0 saturated heterocycles. The monoisotopic (exact) mass is 478 g/mol. The third kappa shape index (κ3) is 5.39. The fourth-order valence-corrected chi connectivity index (χ4v) is 3.94. The van der Waals surface area contributed by atoms with Crippen LogP contribution in [-0.2, 0) is 24.3 Å². The Hall–Kier alpha value is -4.02. The molecule has 0 fully saturated rings. The quantitative estimate of drug-likeness (QED) is 0.360. The number of carbonyl (C=O) groups excluding carboxylic acids is 1. The molecule has 4 rings (SSSR count). The topological polar surface area (TPSA) is 132 Å². The molecule has 0 spiro atoms. The molecule has 0 atom stereocenters. The second kappa shape index (κ2) is 10.5. The first kappa shape index (κ1) is 24.1. The molecule has 4 aromatic heterocycles. The zero-order chi connectivity index (χ0) is 24.9. The number of unbranched alkanes of at least 4 members (excludes halogenated alkanes) is 1. The lowest BCUT2D eigenvalue weighted by molar-refractivity contribution is -0.116. The minimum Gasteiger partial charge on any atom is -0.325 e. The van der Waals surface area contributed by atoms with Crippen molar-refractivity contribution in [2.75, 3.05) is 5.32 Å². The van der Waals surface area contributed by atoms with E-state index in [0.717, 1.165) is 12.8 Å². The smallest absolute Gasteiger partial charge is 0.325 e. The second-order valence-corrected chi connectivity index (χ2v) is 8.87. The highest BCUT2D eigenvalue weighted by molar-refractivity contribution is 5.90. The summed E-state index contributed by atoms with van der Waals surface area (Å²) in [5, 5.41) is 6.98. The summed E-state index contributed by atoms with van der Waals surface area (Å²) in [6.45, 7) is 7.16. The molecular formula is C24H30N8O3. The van der Waals surface area contributed by atoms with Crippen LogP contribution in [0.1, 0.15) is 45.9 Å². The minimum absolute atomic E-state index is 0.166. The number of H-pyrrole nitrogens is 1. The lowest BCUT2D eigenvalue weighted by atomic mass is 10.2. The molecule has 2 N–H and O–H groups in total. The number of aromatic amines is 1. The van der Waals surface area contributed by atoms with E-state index in [2.05, 4.69) is 25.4 Å². The van der Waals surface area contributed by atoms with Crippen molar-refractivity contribution < 1.29 is 4.79 Å². The summed E-state index contributed by atoms with van der Waals surface area (Å²) in [6.07, 6.45) is 7.23. The van der Waals surface area contributed by atoms with Crippen molar-refractivity contribution in [3.05, 3.63) is 63.5 Å². The highest BCUT2D eigenvalue weighted by Gasteiger charge is 2.20. The summed E-state index contributed by atoms with van der Waals surface area (Å²) in [5.74, 6) is 1.31. The number of amides is 1. The number of nitrogens with zero attached hydrogens (tertiary/aromatic N) is 6. The number of rotatable bonds is 10. The SMILES string of the molecule is CCCCn1c(=O)[nH]c(=O)c2c1nc(CCC(=O)Nc1ccc(-n3cccn3)nc1)n2CC(C)C. The maximum atomic E-state index is 12.7. The Morgan fingerprint density at radius 2 is 2.03 bits per heavy atom. The van der Waals surface area contributed by atoms with E-state index in [0.29, 0.717) is 48.0 Å². The van der Waals surface area contributed by atoms with E-state index in [1.54, 1.807) is 41.5 Å². The van der Waals surface area contributed by atoms with Gasteiger partial charge in [0.2, 0.25) is 5.91 Å². The van der Waals surface area contributed by atoms with Crippen LogP contribution >= 0.6 is 0 Å². The van der Waals surface area contributed by atoms with Crippen molar-refractivity contribution in [1.29, 1.82) is 0 Å². The minimum atomic E-state index is -0.458. The summed E-state index contributed by atoms with van der Waals surface area (Å²) in [5.41, 5.74) is 0.418. The number of nitrogens with one attached hydrogen (secondary N) is 2. The zero-order valence-electron chi connectivity index (χ0n) is 20.2. The van der Waals surface area contributed by atoms with E-state index in [1.807, 2.05) is 25.3 Å². The van der Waals surface area contributed by atoms with E-state index in [1.165, 1.54) is 4.57 Å². The van der Waals surface area contributed by atoms with Gasteiger partial charge in [0.25, 0.3) is 5.56 Å². The van der Waals surface area contributed by atoms with E-state index in [-0.39, 0.29) is 18.2 Å². The summed E-state index contributed by atoms with van der Waals surface area (Å²) in [6, 6.07) is 5.34. The lowest BCUT2D eigenvalue weighted by Gasteiger charge is -2.11. The number of aromatic nitrogens is 7. The fourth-order valence-electron chi connectivity index (χ4n) is 3.94. The van der Waals surface area contributed by atoms with Gasteiger partial charge >= 0.3 is 5.69 Å². The number of hydrogen-bond acceptors (Lipinski definition) is 6. The third-order valence-electron chi connectivity index (χ3n) is 5.59. The lowest BCUT2D eigenvalue weighted by Crippen LogP contribution is -2.31. The number of anilines is 1. The summed E-state index contributed by atoms with van der Waals surface area (Å²) >= 11 is 0. The van der Waals surface area contributed by atoms with Crippen LogP contribution in [0.4, 0.5) is 5.69 Å². The molecular weight excluding hydrogens is 448 g/mol. The van der Waals surface area contributed by atoms with Gasteiger partial charge in [-0.2, -0.15) is 5.10 Å². The Balaban J connectivity index is 1.54. The number of carbonyl (C=O) groups is 1. The first-order valence-electron chi connectivity index (χ1n) is 11.9. The van der Waals surface area contributed by atoms with Crippen molar-refractivity contribution in [2.24, 2.45) is 5.92 Å². The Labute approximate surface area is 201 Å². The average molecular weight is 479 g/mol. The Morgan fingerprint density at radius 1 is 1.20 bits per heavy atom. The fraction of sp³-hybridized carbons (Fsp3) is 0.417. The van der Waals surface area contributed by atoms with Crippen LogP contribution in [0, 0.1) is 5.92 Å². The first-order valence-corrected chi connectivity index (χ1v) is 11.9. The molecule has 184 valence electrons. The highest BCUT2D eigenvalue weighted by atomic mass is 16.2. The Kier molecular flexibility index (Phi) is 7.23. The molecule has 0 saturated carbocycles. The molecule has 1 amide bonds. The van der Waals surface area contributed by atoms with Crippen molar-refractivity contribution in [3.8, 4) is 5.82 Å². The Morgan fingerprint density at radius 3 is 2.69 bits per heavy atom. The predicted octanol–water partition coefficient (Wildman–Crippen LogP) is 2.49. The Bertz CT molecular complexity index is 1410. The molecule has 0 aliphatic rings. The number of pyridine rings is 1. The maximum Gasteiger partial charge on any atom is 0.330 e. The van der Waals surface area contributed by atoms with E-state index < -0.39 is 11.2 Å². The van der Waals surface area contributed by atoms with Crippen molar-refractivity contribution in [2.45, 2.75) is 59.5 Å². The van der Waals surface area contributed by atoms with Crippen LogP contribution in [0.15, 0.2) is 46.4 Å². The predicted molar refractivity (Wildman–Crippen MR) is 133 cm³/mol. The molecule has 4 aromatic rings. The van der Waals surface area contributed by atoms with Crippen LogP contribution in [0.3, 0.4) is 0 Å². The normalized spacial score (nSPS) is 11.4. The molecule has 4 heterocycles. The van der Waals surface area contributed by atoms with E-state index in [4.69, 9.17) is 0 Å². The van der Waals surface area contributed by atoms with Gasteiger partial charge in [0.1, 0.15) is 5.82 Å². The molecule has 0 radical (unpaired) electrons. The molecule has 0 aliphatic heterocycles. The molecule has 0 unspecified atom stereocenters. The molecule has 0 aromatic carbocycles. The van der Waals surface area contributed by atoms with Gasteiger partial charge in [-0.25, -0.2) is 19.4 Å². The highest BCUT2D eigenvalue weighted by Crippen LogP contribution is 2.17. The van der Waals surface area contributed by atoms with Crippen LogP contribution in [0.25, 0.3) is 17.0 Å². The van der Waals surface area contributed by atoms with Crippen LogP contribution in [0.5, 0.6) is 0 Å². The molecule has 0 aliphatic carbocycles. The van der Waals surface area contributed by atoms with E-state index in [9.17, 15) is 14.4 Å². The van der Waals surface area contributed by atoms with Gasteiger partial charge in [-0.05, 0) is 30.5 Å². The van der Waals surface area contributed by atoms with Crippen LogP contribution in [-0.4, -0.2) is 39.8 Å². The maximum absolute atomic E-state index is 12.7. The zero-order valence-corrected chi connectivity index (χ0v) is 20.2. The van der Waals surface area contributed by atoms with Gasteiger partial charge in [-0.3, -0.25) is 19.1 Å². The largest absolute Gasteiger partial charge is 0.330 e. The molecule has 0 bridgehead atoms. The van der Waals surface area contributed by atoms with E-state index >= 15 is 0 Å². The number of aryl methyl sites for hydroxylation is 2. The number of hydrogen-bond donors (Lipinski definition) is 2. The van der Waals surface area contributed by atoms with Gasteiger partial charge in [-0.1, -0.05) is 27.2 Å². The summed E-state index contributed by atoms with van der Waals surface area (Å²) < 4.78 is 4.99. The summed E-state index contributed by atoms with van der Waals surface area (Å²) in [7, 11) is 0. The van der Waals surface area contributed by atoms with Crippen LogP contribution in [0.2, 0.25) is 0 Å². The second-order valence-electron chi connectivity index (χ2n) is 8.87. The standard InChI is InChI=1S/C24H30N8O3/c1-4-5-12-30-22-21(23(34)29-24(30)35)31(15-16(2)3)19(28-22)9-10-20(33)27-17-7-8-18(25-14-17)32-13-6-11-26-32/h6-8,11,13-14,16H,4-5,9-10,12,15H2,1-3H3,(H,27,33)(H,29,34,35). The summed E-state index contributed by atoms with van der Waals surface area (Å²) in [4.78, 5) is 49.2. The average Bonchev–Trinajstić information content (AvgIpc) is 3.47. The van der Waals surface area contributed by atoms with Crippen LogP contribution < -0.4 is 16.6 Å². The van der Waals surface area contributed by atoms with Gasteiger partial charge in [0, 0.05) is 38.3 Å². The van der Waals surface area contributed by atoms with Gasteiger partial charge < -0.3 is 9.88 Å².